The Hall–Kier alpha value is -4.48. The zero-order valence-electron chi connectivity index (χ0n) is 19.9. The fourth-order valence-electron chi connectivity index (χ4n) is 4.88. The fourth-order valence-corrected chi connectivity index (χ4v) is 5.28. The molecule has 0 atom stereocenters. The summed E-state index contributed by atoms with van der Waals surface area (Å²) in [6.45, 7) is 0. The highest BCUT2D eigenvalue weighted by Gasteiger charge is 2.15. The van der Waals surface area contributed by atoms with Gasteiger partial charge in [0.05, 0.1) is 11.0 Å². The molecule has 0 aliphatic carbocycles. The van der Waals surface area contributed by atoms with Gasteiger partial charge in [-0.05, 0) is 58.7 Å². The first-order valence-corrected chi connectivity index (χ1v) is 12.7. The van der Waals surface area contributed by atoms with Gasteiger partial charge < -0.3 is 10.3 Å². The Bertz CT molecular complexity index is 1800. The Kier molecular flexibility index (Phi) is 5.91. The van der Waals surface area contributed by atoms with Gasteiger partial charge in [0.25, 0.3) is 0 Å². The molecule has 5 aromatic carbocycles. The van der Waals surface area contributed by atoms with Crippen molar-refractivity contribution in [3.05, 3.63) is 125 Å². The predicted octanol–water partition coefficient (Wildman–Crippen LogP) is 8.19. The topological polar surface area (TPSA) is 67.2 Å². The second-order valence-corrected chi connectivity index (χ2v) is 9.78. The minimum absolute atomic E-state index is 0.327. The number of benzene rings is 5. The molecule has 0 unspecified atom stereocenters. The van der Waals surface area contributed by atoms with Crippen molar-refractivity contribution in [1.29, 1.82) is 5.41 Å². The highest BCUT2D eigenvalue weighted by Crippen LogP contribution is 2.36. The van der Waals surface area contributed by atoms with Crippen molar-refractivity contribution in [2.24, 2.45) is 10.7 Å². The van der Waals surface area contributed by atoms with Crippen LogP contribution in [0.15, 0.2) is 125 Å². The third kappa shape index (κ3) is 4.24. The average Bonchev–Trinajstić information content (AvgIpc) is 3.26. The van der Waals surface area contributed by atoms with E-state index >= 15 is 0 Å². The smallest absolute Gasteiger partial charge is 0.132 e. The molecule has 0 spiro atoms. The van der Waals surface area contributed by atoms with Crippen molar-refractivity contribution in [1.82, 2.24) is 4.57 Å². The van der Waals surface area contributed by atoms with Crippen LogP contribution in [0, 0.1) is 5.41 Å². The third-order valence-electron chi connectivity index (χ3n) is 6.66. The Morgan fingerprint density at radius 3 is 1.97 bits per heavy atom. The van der Waals surface area contributed by atoms with Crippen LogP contribution in [0.3, 0.4) is 0 Å². The van der Waals surface area contributed by atoms with Crippen LogP contribution in [0.25, 0.3) is 49.7 Å². The van der Waals surface area contributed by atoms with E-state index in [4.69, 9.17) is 11.1 Å². The van der Waals surface area contributed by atoms with Crippen LogP contribution in [-0.2, 0) is 0 Å². The SMILES string of the molecule is N=C/N=C(\N)c1ccc2c3ccc(-c4ccc(-c5cccc(Br)c5)cc4)cc3n(-c3ccccc3)c2c1. The van der Waals surface area contributed by atoms with Crippen LogP contribution < -0.4 is 5.73 Å². The van der Waals surface area contributed by atoms with Gasteiger partial charge in [-0.25, -0.2) is 4.99 Å². The molecule has 0 radical (unpaired) electrons. The molecular weight excluding hydrogens is 520 g/mol. The largest absolute Gasteiger partial charge is 0.383 e. The minimum Gasteiger partial charge on any atom is -0.383 e. The summed E-state index contributed by atoms with van der Waals surface area (Å²) in [6.07, 6.45) is 0.973. The molecule has 37 heavy (non-hydrogen) atoms. The number of fused-ring (bicyclic) bond motifs is 3. The van der Waals surface area contributed by atoms with Gasteiger partial charge in [-0.1, -0.05) is 94.8 Å². The Morgan fingerprint density at radius 1 is 0.676 bits per heavy atom. The number of aliphatic imine (C=N–C) groups is 1. The molecule has 0 bridgehead atoms. The van der Waals surface area contributed by atoms with Crippen LogP contribution in [-0.4, -0.2) is 16.7 Å². The van der Waals surface area contributed by atoms with Crippen LogP contribution >= 0.6 is 15.9 Å². The Morgan fingerprint density at radius 2 is 1.30 bits per heavy atom. The number of aromatic nitrogens is 1. The van der Waals surface area contributed by atoms with Crippen molar-refractivity contribution in [3.8, 4) is 27.9 Å². The van der Waals surface area contributed by atoms with Gasteiger partial charge in [-0.3, -0.25) is 5.41 Å². The van der Waals surface area contributed by atoms with E-state index in [1.807, 2.05) is 30.3 Å². The van der Waals surface area contributed by atoms with Gasteiger partial charge in [-0.15, -0.1) is 0 Å². The molecule has 1 aromatic heterocycles. The van der Waals surface area contributed by atoms with E-state index in [-0.39, 0.29) is 0 Å². The molecule has 0 aliphatic rings. The number of rotatable bonds is 5. The average molecular weight is 543 g/mol. The molecule has 0 saturated carbocycles. The molecule has 178 valence electrons. The summed E-state index contributed by atoms with van der Waals surface area (Å²) in [5, 5.41) is 9.60. The summed E-state index contributed by atoms with van der Waals surface area (Å²) in [6, 6.07) is 40.1. The number of halogens is 1. The summed E-state index contributed by atoms with van der Waals surface area (Å²) >= 11 is 3.57. The predicted molar refractivity (Wildman–Crippen MR) is 159 cm³/mol. The number of hydrogen-bond acceptors (Lipinski definition) is 1. The van der Waals surface area contributed by atoms with Crippen molar-refractivity contribution in [2.45, 2.75) is 0 Å². The maximum atomic E-state index is 7.29. The first kappa shape index (κ1) is 23.0. The summed E-state index contributed by atoms with van der Waals surface area (Å²) in [5.41, 5.74) is 14.8. The summed E-state index contributed by atoms with van der Waals surface area (Å²) in [5.74, 6) is 0.327. The molecular formula is C32H23BrN4. The molecule has 6 aromatic rings. The van der Waals surface area contributed by atoms with Crippen LogP contribution in [0.4, 0.5) is 0 Å². The molecule has 0 amide bonds. The standard InChI is InChI=1S/C32H23BrN4/c33-26-6-4-5-23(17-26)21-9-11-22(12-10-21)24-13-15-28-29-16-14-25(32(35)36-20-34)19-31(29)37(30(28)18-24)27-7-2-1-3-8-27/h1-20H,(H3,34,35,36). The number of nitrogens with two attached hydrogens (primary N) is 1. The lowest BCUT2D eigenvalue weighted by molar-refractivity contribution is 1.18. The maximum Gasteiger partial charge on any atom is 0.132 e. The second-order valence-electron chi connectivity index (χ2n) is 8.87. The highest BCUT2D eigenvalue weighted by molar-refractivity contribution is 9.10. The van der Waals surface area contributed by atoms with E-state index < -0.39 is 0 Å². The number of amidine groups is 1. The van der Waals surface area contributed by atoms with Gasteiger partial charge in [0.15, 0.2) is 0 Å². The van der Waals surface area contributed by atoms with Crippen molar-refractivity contribution >= 4 is 49.9 Å². The lowest BCUT2D eigenvalue weighted by Crippen LogP contribution is -2.13. The molecule has 0 aliphatic heterocycles. The second kappa shape index (κ2) is 9.52. The quantitative estimate of drug-likeness (QED) is 0.167. The van der Waals surface area contributed by atoms with Gasteiger partial charge in [0, 0.05) is 26.5 Å². The molecule has 5 heteroatoms. The number of para-hydroxylation sites is 1. The molecule has 6 rings (SSSR count). The maximum absolute atomic E-state index is 7.29. The third-order valence-corrected chi connectivity index (χ3v) is 7.15. The van der Waals surface area contributed by atoms with E-state index in [1.54, 1.807) is 0 Å². The van der Waals surface area contributed by atoms with Gasteiger partial charge in [-0.2, -0.15) is 0 Å². The summed E-state index contributed by atoms with van der Waals surface area (Å²) < 4.78 is 3.34. The zero-order valence-corrected chi connectivity index (χ0v) is 21.5. The molecule has 4 nitrogen and oxygen atoms in total. The lowest BCUT2D eigenvalue weighted by Gasteiger charge is -2.10. The molecule has 1 heterocycles. The zero-order chi connectivity index (χ0) is 25.4. The number of nitrogens with zero attached hydrogens (tertiary/aromatic N) is 2. The molecule has 3 N–H and O–H groups in total. The van der Waals surface area contributed by atoms with Crippen LogP contribution in [0.1, 0.15) is 5.56 Å². The first-order chi connectivity index (χ1) is 18.1. The summed E-state index contributed by atoms with van der Waals surface area (Å²) in [4.78, 5) is 3.97. The van der Waals surface area contributed by atoms with E-state index in [0.29, 0.717) is 5.84 Å². The van der Waals surface area contributed by atoms with E-state index in [9.17, 15) is 0 Å². The minimum atomic E-state index is 0.327. The fraction of sp³-hybridized carbons (Fsp3) is 0. The molecule has 0 saturated heterocycles. The van der Waals surface area contributed by atoms with Crippen molar-refractivity contribution in [2.75, 3.05) is 0 Å². The first-order valence-electron chi connectivity index (χ1n) is 11.9. The van der Waals surface area contributed by atoms with Crippen molar-refractivity contribution in [3.63, 3.8) is 0 Å². The monoisotopic (exact) mass is 542 g/mol. The van der Waals surface area contributed by atoms with Gasteiger partial charge in [0.1, 0.15) is 12.2 Å². The normalized spacial score (nSPS) is 11.8. The lowest BCUT2D eigenvalue weighted by atomic mass is 9.99. The highest BCUT2D eigenvalue weighted by atomic mass is 79.9. The Labute approximate surface area is 223 Å². The summed E-state index contributed by atoms with van der Waals surface area (Å²) in [7, 11) is 0. The van der Waals surface area contributed by atoms with Gasteiger partial charge in [0.2, 0.25) is 0 Å². The molecule has 0 fully saturated rings. The van der Waals surface area contributed by atoms with E-state index in [2.05, 4.69) is 110 Å². The van der Waals surface area contributed by atoms with E-state index in [1.165, 1.54) is 16.5 Å². The van der Waals surface area contributed by atoms with Crippen LogP contribution in [0.2, 0.25) is 0 Å². The van der Waals surface area contributed by atoms with Crippen molar-refractivity contribution < 1.29 is 0 Å². The number of nitrogens with one attached hydrogen (secondary N) is 1. The van der Waals surface area contributed by atoms with E-state index in [0.717, 1.165) is 49.6 Å². The van der Waals surface area contributed by atoms with Crippen LogP contribution in [0.5, 0.6) is 0 Å². The van der Waals surface area contributed by atoms with Gasteiger partial charge >= 0.3 is 0 Å². The number of hydrogen-bond donors (Lipinski definition) is 2. The Balaban J connectivity index is 1.52.